The van der Waals surface area contributed by atoms with Crippen LogP contribution in [0.3, 0.4) is 0 Å². The van der Waals surface area contributed by atoms with E-state index in [-0.39, 0.29) is 24.8 Å². The third-order valence-electron chi connectivity index (χ3n) is 4.66. The normalized spacial score (nSPS) is 10.3. The van der Waals surface area contributed by atoms with Gasteiger partial charge in [0, 0.05) is 18.7 Å². The highest BCUT2D eigenvalue weighted by Crippen LogP contribution is 2.26. The molecule has 0 saturated heterocycles. The first-order chi connectivity index (χ1) is 14.9. The predicted octanol–water partition coefficient (Wildman–Crippen LogP) is 3.95. The summed E-state index contributed by atoms with van der Waals surface area (Å²) in [6.07, 6.45) is 2.43. The number of carboxylic acids is 1. The molecule has 0 bridgehead atoms. The Kier molecular flexibility index (Phi) is 9.35. The van der Waals surface area contributed by atoms with E-state index in [9.17, 15) is 14.4 Å². The quantitative estimate of drug-likeness (QED) is 0.405. The number of amides is 3. The van der Waals surface area contributed by atoms with E-state index in [0.29, 0.717) is 24.4 Å². The highest BCUT2D eigenvalue weighted by atomic mass is 16.5. The first kappa shape index (κ1) is 23.7. The molecule has 8 nitrogen and oxygen atoms in total. The standard InChI is InChI=1S/C23H29N3O5/c1-16-8-5-6-9-18(16)25-23(30)26-19-12-11-17(14-20(19)31-2)15-21(27)24-13-7-3-4-10-22(28)29/h5-6,8-9,11-12,14H,3-4,7,10,13,15H2,1-2H3,(H,24,27)(H,28,29)(H2,25,26,30). The van der Waals surface area contributed by atoms with Crippen LogP contribution in [0.2, 0.25) is 0 Å². The van der Waals surface area contributed by atoms with Crippen LogP contribution >= 0.6 is 0 Å². The molecule has 0 spiro atoms. The van der Waals surface area contributed by atoms with Crippen LogP contribution in [0.5, 0.6) is 5.75 Å². The zero-order valence-corrected chi connectivity index (χ0v) is 17.9. The van der Waals surface area contributed by atoms with Crippen LogP contribution in [0.15, 0.2) is 42.5 Å². The fourth-order valence-corrected chi connectivity index (χ4v) is 2.99. The Morgan fingerprint density at radius 1 is 0.968 bits per heavy atom. The zero-order valence-electron chi connectivity index (χ0n) is 17.9. The van der Waals surface area contributed by atoms with Gasteiger partial charge in [0.25, 0.3) is 0 Å². The van der Waals surface area contributed by atoms with Gasteiger partial charge in [-0.15, -0.1) is 0 Å². The molecule has 0 heterocycles. The lowest BCUT2D eigenvalue weighted by atomic mass is 10.1. The van der Waals surface area contributed by atoms with Crippen LogP contribution in [-0.2, 0) is 16.0 Å². The minimum atomic E-state index is -0.802. The van der Waals surface area contributed by atoms with Crippen LogP contribution in [0.4, 0.5) is 16.2 Å². The van der Waals surface area contributed by atoms with Gasteiger partial charge >= 0.3 is 12.0 Å². The summed E-state index contributed by atoms with van der Waals surface area (Å²) in [4.78, 5) is 34.9. The van der Waals surface area contributed by atoms with E-state index < -0.39 is 5.97 Å². The molecule has 3 amide bonds. The van der Waals surface area contributed by atoms with Crippen molar-refractivity contribution >= 4 is 29.3 Å². The second kappa shape index (κ2) is 12.2. The lowest BCUT2D eigenvalue weighted by Crippen LogP contribution is -2.26. The number of ether oxygens (including phenoxy) is 1. The number of aryl methyl sites for hydroxylation is 1. The van der Waals surface area contributed by atoms with Crippen molar-refractivity contribution in [3.63, 3.8) is 0 Å². The molecule has 0 aliphatic carbocycles. The Bertz CT molecular complexity index is 914. The summed E-state index contributed by atoms with van der Waals surface area (Å²) in [5.41, 5.74) is 2.92. The smallest absolute Gasteiger partial charge is 0.323 e. The summed E-state index contributed by atoms with van der Waals surface area (Å²) < 4.78 is 5.36. The van der Waals surface area contributed by atoms with Crippen LogP contribution in [0.25, 0.3) is 0 Å². The van der Waals surface area contributed by atoms with E-state index in [2.05, 4.69) is 16.0 Å². The largest absolute Gasteiger partial charge is 0.495 e. The lowest BCUT2D eigenvalue weighted by Gasteiger charge is -2.13. The summed E-state index contributed by atoms with van der Waals surface area (Å²) in [6.45, 7) is 2.42. The van der Waals surface area contributed by atoms with Gasteiger partial charge in [-0.2, -0.15) is 0 Å². The number of carboxylic acid groups (broad SMARTS) is 1. The molecular weight excluding hydrogens is 398 g/mol. The fourth-order valence-electron chi connectivity index (χ4n) is 2.99. The van der Waals surface area contributed by atoms with Crippen molar-refractivity contribution in [3.05, 3.63) is 53.6 Å². The highest BCUT2D eigenvalue weighted by molar-refractivity contribution is 6.01. The minimum absolute atomic E-state index is 0.127. The molecular formula is C23H29N3O5. The van der Waals surface area contributed by atoms with Crippen molar-refractivity contribution in [3.8, 4) is 5.75 Å². The Morgan fingerprint density at radius 2 is 1.71 bits per heavy atom. The van der Waals surface area contributed by atoms with Crippen molar-refractivity contribution in [1.29, 1.82) is 0 Å². The predicted molar refractivity (Wildman–Crippen MR) is 120 cm³/mol. The summed E-state index contributed by atoms with van der Waals surface area (Å²) in [6, 6.07) is 12.3. The number of anilines is 2. The first-order valence-corrected chi connectivity index (χ1v) is 10.2. The fraction of sp³-hybridized carbons (Fsp3) is 0.348. The molecule has 0 unspecified atom stereocenters. The lowest BCUT2D eigenvalue weighted by molar-refractivity contribution is -0.137. The van der Waals surface area contributed by atoms with Crippen LogP contribution in [0.1, 0.15) is 36.8 Å². The summed E-state index contributed by atoms with van der Waals surface area (Å²) in [7, 11) is 1.50. The van der Waals surface area contributed by atoms with Crippen molar-refractivity contribution in [2.45, 2.75) is 39.0 Å². The molecule has 0 radical (unpaired) electrons. The number of urea groups is 1. The molecule has 0 atom stereocenters. The van der Waals surface area contributed by atoms with Gasteiger partial charge in [-0.1, -0.05) is 30.7 Å². The molecule has 2 aromatic carbocycles. The van der Waals surface area contributed by atoms with E-state index in [1.165, 1.54) is 7.11 Å². The minimum Gasteiger partial charge on any atom is -0.495 e. The van der Waals surface area contributed by atoms with Crippen molar-refractivity contribution in [2.75, 3.05) is 24.3 Å². The second-order valence-corrected chi connectivity index (χ2v) is 7.16. The van der Waals surface area contributed by atoms with Gasteiger partial charge in [-0.3, -0.25) is 9.59 Å². The van der Waals surface area contributed by atoms with Crippen molar-refractivity contribution < 1.29 is 24.2 Å². The molecule has 8 heteroatoms. The number of unbranched alkanes of at least 4 members (excludes halogenated alkanes) is 2. The maximum atomic E-state index is 12.3. The number of nitrogens with one attached hydrogen (secondary N) is 3. The Labute approximate surface area is 182 Å². The Balaban J connectivity index is 1.85. The topological polar surface area (TPSA) is 117 Å². The number of rotatable bonds is 11. The molecule has 0 fully saturated rings. The molecule has 0 aliphatic rings. The van der Waals surface area contributed by atoms with Gasteiger partial charge < -0.3 is 25.8 Å². The molecule has 0 aromatic heterocycles. The summed E-state index contributed by atoms with van der Waals surface area (Å²) in [5, 5.41) is 17.0. The van der Waals surface area contributed by atoms with E-state index in [4.69, 9.17) is 9.84 Å². The van der Waals surface area contributed by atoms with E-state index >= 15 is 0 Å². The number of aliphatic carboxylic acids is 1. The zero-order chi connectivity index (χ0) is 22.6. The average molecular weight is 428 g/mol. The third-order valence-corrected chi connectivity index (χ3v) is 4.66. The summed E-state index contributed by atoms with van der Waals surface area (Å²) in [5.74, 6) is -0.472. The molecule has 4 N–H and O–H groups in total. The number of methoxy groups -OCH3 is 1. The number of hydrogen-bond donors (Lipinski definition) is 4. The molecule has 2 rings (SSSR count). The van der Waals surface area contributed by atoms with Crippen LogP contribution in [0, 0.1) is 6.92 Å². The molecule has 0 saturated carbocycles. The SMILES string of the molecule is COc1cc(CC(=O)NCCCCCC(=O)O)ccc1NC(=O)Nc1ccccc1C. The molecule has 0 aliphatic heterocycles. The van der Waals surface area contributed by atoms with Gasteiger partial charge in [-0.25, -0.2) is 4.79 Å². The maximum Gasteiger partial charge on any atom is 0.323 e. The van der Waals surface area contributed by atoms with Gasteiger partial charge in [-0.05, 0) is 49.1 Å². The van der Waals surface area contributed by atoms with Crippen LogP contribution < -0.4 is 20.7 Å². The number of para-hydroxylation sites is 1. The Morgan fingerprint density at radius 3 is 2.42 bits per heavy atom. The van der Waals surface area contributed by atoms with E-state index in [1.807, 2.05) is 31.2 Å². The summed E-state index contributed by atoms with van der Waals surface area (Å²) >= 11 is 0. The van der Waals surface area contributed by atoms with Crippen molar-refractivity contribution in [1.82, 2.24) is 5.32 Å². The Hall–Kier alpha value is -3.55. The van der Waals surface area contributed by atoms with Gasteiger partial charge in [0.1, 0.15) is 5.75 Å². The third kappa shape index (κ3) is 8.38. The monoisotopic (exact) mass is 427 g/mol. The van der Waals surface area contributed by atoms with E-state index in [1.54, 1.807) is 18.2 Å². The van der Waals surface area contributed by atoms with Crippen LogP contribution in [-0.4, -0.2) is 36.7 Å². The number of hydrogen-bond acceptors (Lipinski definition) is 4. The maximum absolute atomic E-state index is 12.3. The molecule has 166 valence electrons. The first-order valence-electron chi connectivity index (χ1n) is 10.2. The highest BCUT2D eigenvalue weighted by Gasteiger charge is 2.11. The van der Waals surface area contributed by atoms with Gasteiger partial charge in [0.2, 0.25) is 5.91 Å². The van der Waals surface area contributed by atoms with E-state index in [0.717, 1.165) is 29.7 Å². The van der Waals surface area contributed by atoms with Gasteiger partial charge in [0.15, 0.2) is 0 Å². The number of carbonyl (C=O) groups excluding carboxylic acids is 2. The second-order valence-electron chi connectivity index (χ2n) is 7.16. The van der Waals surface area contributed by atoms with Gasteiger partial charge in [0.05, 0.1) is 19.2 Å². The average Bonchev–Trinajstić information content (AvgIpc) is 2.73. The van der Waals surface area contributed by atoms with Crippen molar-refractivity contribution in [2.24, 2.45) is 0 Å². The number of carbonyl (C=O) groups is 3. The molecule has 31 heavy (non-hydrogen) atoms. The number of benzene rings is 2. The molecule has 2 aromatic rings.